The van der Waals surface area contributed by atoms with Crippen molar-refractivity contribution in [2.45, 2.75) is 6.92 Å². The van der Waals surface area contributed by atoms with E-state index >= 15 is 0 Å². The van der Waals surface area contributed by atoms with Gasteiger partial charge >= 0.3 is 0 Å². The third-order valence-corrected chi connectivity index (χ3v) is 3.46. The standard InChI is InChI=1S/C13H17NOS/c1-10(9-15-2)8-14-12-3-4-13-11(7-12)5-6-16-13/h3-7,10,14H,8-9H2,1-2H3. The van der Waals surface area contributed by atoms with Gasteiger partial charge < -0.3 is 10.1 Å². The van der Waals surface area contributed by atoms with Crippen molar-refractivity contribution in [3.63, 3.8) is 0 Å². The van der Waals surface area contributed by atoms with E-state index in [0.29, 0.717) is 5.92 Å². The maximum atomic E-state index is 5.11. The fraction of sp³-hybridized carbons (Fsp3) is 0.385. The van der Waals surface area contributed by atoms with Gasteiger partial charge in [-0.2, -0.15) is 0 Å². The summed E-state index contributed by atoms with van der Waals surface area (Å²) in [5.74, 6) is 0.531. The molecule has 0 aliphatic heterocycles. The van der Waals surface area contributed by atoms with Gasteiger partial charge in [-0.25, -0.2) is 0 Å². The first-order valence-electron chi connectivity index (χ1n) is 5.49. The van der Waals surface area contributed by atoms with Gasteiger partial charge in [-0.15, -0.1) is 11.3 Å². The summed E-state index contributed by atoms with van der Waals surface area (Å²) in [5.41, 5.74) is 1.19. The Morgan fingerprint density at radius 3 is 3.06 bits per heavy atom. The molecule has 1 heterocycles. The Morgan fingerprint density at radius 1 is 1.38 bits per heavy atom. The number of thiophene rings is 1. The van der Waals surface area contributed by atoms with Crippen LogP contribution in [0.1, 0.15) is 6.92 Å². The SMILES string of the molecule is COCC(C)CNc1ccc2sccc2c1. The molecule has 0 amide bonds. The highest BCUT2D eigenvalue weighted by Crippen LogP contribution is 2.23. The highest BCUT2D eigenvalue weighted by molar-refractivity contribution is 7.17. The molecule has 1 unspecified atom stereocenters. The zero-order valence-corrected chi connectivity index (χ0v) is 10.5. The zero-order valence-electron chi connectivity index (χ0n) is 9.69. The topological polar surface area (TPSA) is 21.3 Å². The molecular formula is C13H17NOS. The highest BCUT2D eigenvalue weighted by Gasteiger charge is 2.02. The van der Waals surface area contributed by atoms with Crippen molar-refractivity contribution < 1.29 is 4.74 Å². The van der Waals surface area contributed by atoms with Crippen LogP contribution in [0.15, 0.2) is 29.6 Å². The molecule has 1 atom stereocenters. The molecule has 0 saturated carbocycles. The molecule has 1 aromatic carbocycles. The van der Waals surface area contributed by atoms with Gasteiger partial charge in [0, 0.05) is 24.0 Å². The number of hydrogen-bond donors (Lipinski definition) is 1. The Balaban J connectivity index is 1.98. The van der Waals surface area contributed by atoms with Crippen molar-refractivity contribution in [1.82, 2.24) is 0 Å². The first kappa shape index (κ1) is 11.4. The number of anilines is 1. The first-order chi connectivity index (χ1) is 7.79. The second-order valence-electron chi connectivity index (χ2n) is 4.11. The monoisotopic (exact) mass is 235 g/mol. The van der Waals surface area contributed by atoms with Gasteiger partial charge in [0.1, 0.15) is 0 Å². The normalized spacial score (nSPS) is 12.9. The van der Waals surface area contributed by atoms with Crippen LogP contribution >= 0.6 is 11.3 Å². The molecule has 86 valence electrons. The van der Waals surface area contributed by atoms with Crippen LogP contribution in [0.2, 0.25) is 0 Å². The summed E-state index contributed by atoms with van der Waals surface area (Å²) in [4.78, 5) is 0. The van der Waals surface area contributed by atoms with Crippen LogP contribution in [0.5, 0.6) is 0 Å². The van der Waals surface area contributed by atoms with E-state index in [1.807, 2.05) is 0 Å². The Bertz CT molecular complexity index is 452. The summed E-state index contributed by atoms with van der Waals surface area (Å²) in [6.45, 7) is 3.93. The van der Waals surface area contributed by atoms with Crippen molar-refractivity contribution in [3.8, 4) is 0 Å². The molecule has 0 aliphatic rings. The van der Waals surface area contributed by atoms with E-state index in [1.54, 1.807) is 18.4 Å². The molecular weight excluding hydrogens is 218 g/mol. The van der Waals surface area contributed by atoms with Crippen molar-refractivity contribution in [2.75, 3.05) is 25.6 Å². The summed E-state index contributed by atoms with van der Waals surface area (Å²) in [6.07, 6.45) is 0. The smallest absolute Gasteiger partial charge is 0.0504 e. The van der Waals surface area contributed by atoms with Gasteiger partial charge in [-0.3, -0.25) is 0 Å². The van der Waals surface area contributed by atoms with Crippen LogP contribution in [0.4, 0.5) is 5.69 Å². The summed E-state index contributed by atoms with van der Waals surface area (Å²) in [5, 5.41) is 6.88. The minimum Gasteiger partial charge on any atom is -0.385 e. The molecule has 0 spiro atoms. The van der Waals surface area contributed by atoms with Crippen LogP contribution in [0.3, 0.4) is 0 Å². The maximum absolute atomic E-state index is 5.11. The van der Waals surface area contributed by atoms with E-state index in [4.69, 9.17) is 4.74 Å². The van der Waals surface area contributed by atoms with E-state index in [2.05, 4.69) is 41.9 Å². The van der Waals surface area contributed by atoms with Gasteiger partial charge in [0.2, 0.25) is 0 Å². The lowest BCUT2D eigenvalue weighted by molar-refractivity contribution is 0.164. The number of hydrogen-bond acceptors (Lipinski definition) is 3. The van der Waals surface area contributed by atoms with Gasteiger partial charge in [-0.1, -0.05) is 6.92 Å². The van der Waals surface area contributed by atoms with Crippen LogP contribution in [0, 0.1) is 5.92 Å². The van der Waals surface area contributed by atoms with Crippen molar-refractivity contribution in [2.24, 2.45) is 5.92 Å². The Labute approximate surface area is 100 Å². The molecule has 3 heteroatoms. The quantitative estimate of drug-likeness (QED) is 0.855. The van der Waals surface area contributed by atoms with E-state index < -0.39 is 0 Å². The predicted molar refractivity (Wildman–Crippen MR) is 71.4 cm³/mol. The molecule has 0 radical (unpaired) electrons. The fourth-order valence-corrected chi connectivity index (χ4v) is 2.48. The number of rotatable bonds is 5. The highest BCUT2D eigenvalue weighted by atomic mass is 32.1. The molecule has 0 aliphatic carbocycles. The largest absolute Gasteiger partial charge is 0.385 e. The summed E-state index contributed by atoms with van der Waals surface area (Å²) in [6, 6.07) is 8.66. The van der Waals surface area contributed by atoms with Gasteiger partial charge in [0.25, 0.3) is 0 Å². The number of nitrogens with one attached hydrogen (secondary N) is 1. The van der Waals surface area contributed by atoms with E-state index in [0.717, 1.165) is 13.2 Å². The van der Waals surface area contributed by atoms with Gasteiger partial charge in [-0.05, 0) is 40.9 Å². The second-order valence-corrected chi connectivity index (χ2v) is 5.06. The molecule has 2 rings (SSSR count). The lowest BCUT2D eigenvalue weighted by Crippen LogP contribution is -2.15. The Kier molecular flexibility index (Phi) is 3.80. The van der Waals surface area contributed by atoms with E-state index in [9.17, 15) is 0 Å². The van der Waals surface area contributed by atoms with Gasteiger partial charge in [0.15, 0.2) is 0 Å². The Morgan fingerprint density at radius 2 is 2.25 bits per heavy atom. The Hall–Kier alpha value is -1.06. The fourth-order valence-electron chi connectivity index (χ4n) is 1.71. The van der Waals surface area contributed by atoms with E-state index in [1.165, 1.54) is 15.8 Å². The van der Waals surface area contributed by atoms with Crippen LogP contribution in [-0.4, -0.2) is 20.3 Å². The molecule has 1 aromatic heterocycles. The van der Waals surface area contributed by atoms with Gasteiger partial charge in [0.05, 0.1) is 6.61 Å². The number of methoxy groups -OCH3 is 1. The molecule has 0 saturated heterocycles. The maximum Gasteiger partial charge on any atom is 0.0504 e. The summed E-state index contributed by atoms with van der Waals surface area (Å²) < 4.78 is 6.45. The number of benzene rings is 1. The van der Waals surface area contributed by atoms with Crippen molar-refractivity contribution in [1.29, 1.82) is 0 Å². The number of fused-ring (bicyclic) bond motifs is 1. The molecule has 2 nitrogen and oxygen atoms in total. The van der Waals surface area contributed by atoms with Crippen LogP contribution in [0.25, 0.3) is 10.1 Å². The molecule has 16 heavy (non-hydrogen) atoms. The minimum absolute atomic E-state index is 0.531. The predicted octanol–water partition coefficient (Wildman–Crippen LogP) is 3.60. The van der Waals surface area contributed by atoms with Crippen LogP contribution in [-0.2, 0) is 4.74 Å². The average molecular weight is 235 g/mol. The third kappa shape index (κ3) is 2.74. The van der Waals surface area contributed by atoms with E-state index in [-0.39, 0.29) is 0 Å². The minimum atomic E-state index is 0.531. The second kappa shape index (κ2) is 5.32. The lowest BCUT2D eigenvalue weighted by Gasteiger charge is -2.12. The third-order valence-electron chi connectivity index (χ3n) is 2.56. The van der Waals surface area contributed by atoms with Crippen molar-refractivity contribution >= 4 is 27.1 Å². The number of ether oxygens (including phenoxy) is 1. The molecule has 1 N–H and O–H groups in total. The summed E-state index contributed by atoms with van der Waals surface area (Å²) >= 11 is 1.78. The average Bonchev–Trinajstić information content (AvgIpc) is 2.74. The van der Waals surface area contributed by atoms with Crippen molar-refractivity contribution in [3.05, 3.63) is 29.6 Å². The molecule has 0 bridgehead atoms. The van der Waals surface area contributed by atoms with Crippen LogP contribution < -0.4 is 5.32 Å². The molecule has 2 aromatic rings. The lowest BCUT2D eigenvalue weighted by atomic mass is 10.2. The molecule has 0 fully saturated rings. The zero-order chi connectivity index (χ0) is 11.4. The first-order valence-corrected chi connectivity index (χ1v) is 6.37. The summed E-state index contributed by atoms with van der Waals surface area (Å²) in [7, 11) is 1.74.